The van der Waals surface area contributed by atoms with Gasteiger partial charge in [-0.2, -0.15) is 0 Å². The predicted molar refractivity (Wildman–Crippen MR) is 135 cm³/mol. The summed E-state index contributed by atoms with van der Waals surface area (Å²) in [5.74, 6) is 0.520. The Labute approximate surface area is 202 Å². The van der Waals surface area contributed by atoms with Gasteiger partial charge < -0.3 is 14.3 Å². The first kappa shape index (κ1) is 25.2. The Morgan fingerprint density at radius 1 is 1.19 bits per heavy atom. The third-order valence-electron chi connectivity index (χ3n) is 4.40. The van der Waals surface area contributed by atoms with E-state index in [1.54, 1.807) is 0 Å². The summed E-state index contributed by atoms with van der Waals surface area (Å²) in [6, 6.07) is 4.26. The fraction of sp³-hybridized carbons (Fsp3) is 0.579. The molecule has 0 aliphatic carbocycles. The average molecular weight is 713 g/mol. The van der Waals surface area contributed by atoms with Crippen molar-refractivity contribution in [1.29, 1.82) is 0 Å². The molecule has 0 heterocycles. The molecule has 27 heavy (non-hydrogen) atoms. The summed E-state index contributed by atoms with van der Waals surface area (Å²) in [5.41, 5.74) is 3.22. The Morgan fingerprint density at radius 2 is 1.85 bits per heavy atom. The van der Waals surface area contributed by atoms with Gasteiger partial charge in [-0.15, -0.1) is 0 Å². The average Bonchev–Trinajstić information content (AvgIpc) is 2.65. The van der Waals surface area contributed by atoms with E-state index in [0.717, 1.165) is 38.7 Å². The summed E-state index contributed by atoms with van der Waals surface area (Å²) in [6.45, 7) is 6.63. The number of oxime groups is 1. The molecule has 5 nitrogen and oxygen atoms in total. The molecule has 0 aliphatic heterocycles. The first-order valence-electron chi connectivity index (χ1n) is 8.55. The van der Waals surface area contributed by atoms with E-state index in [1.807, 2.05) is 6.92 Å². The zero-order valence-corrected chi connectivity index (χ0v) is 22.6. The standard InChI is InChI=1S/C19H26I3NO4/c1-13-9-17(14(2)8-16(13)22)26-7-5-6-19(11-20,12-21)15(3)23-27-10-18(24)25-4/h8-9H,5-7,10-12H2,1-4H3/b23-15+. The number of hydrogen-bond donors (Lipinski definition) is 0. The number of rotatable bonds is 11. The lowest BCUT2D eigenvalue weighted by Crippen LogP contribution is -2.34. The molecule has 0 bridgehead atoms. The molecule has 0 atom stereocenters. The van der Waals surface area contributed by atoms with Crippen molar-refractivity contribution in [3.8, 4) is 5.75 Å². The number of esters is 1. The van der Waals surface area contributed by atoms with Gasteiger partial charge in [-0.05, 0) is 79.5 Å². The smallest absolute Gasteiger partial charge is 0.346 e. The van der Waals surface area contributed by atoms with Crippen LogP contribution in [0, 0.1) is 22.8 Å². The van der Waals surface area contributed by atoms with Gasteiger partial charge in [0.15, 0.2) is 0 Å². The second kappa shape index (κ2) is 12.7. The maximum Gasteiger partial charge on any atom is 0.346 e. The van der Waals surface area contributed by atoms with Crippen molar-refractivity contribution in [3.05, 3.63) is 26.8 Å². The number of methoxy groups -OCH3 is 1. The zero-order chi connectivity index (χ0) is 20.4. The molecule has 0 spiro atoms. The number of ether oxygens (including phenoxy) is 2. The maximum atomic E-state index is 11.2. The van der Waals surface area contributed by atoms with Crippen LogP contribution in [0.4, 0.5) is 0 Å². The third kappa shape index (κ3) is 7.82. The van der Waals surface area contributed by atoms with Gasteiger partial charge in [-0.25, -0.2) is 4.79 Å². The maximum absolute atomic E-state index is 11.2. The van der Waals surface area contributed by atoms with Crippen molar-refractivity contribution < 1.29 is 19.1 Å². The van der Waals surface area contributed by atoms with Gasteiger partial charge in [0.05, 0.1) is 19.4 Å². The van der Waals surface area contributed by atoms with Gasteiger partial charge in [0.2, 0.25) is 6.61 Å². The molecule has 0 aromatic heterocycles. The van der Waals surface area contributed by atoms with Crippen LogP contribution in [0.5, 0.6) is 5.75 Å². The first-order valence-corrected chi connectivity index (χ1v) is 12.7. The molecule has 1 rings (SSSR count). The van der Waals surface area contributed by atoms with Crippen LogP contribution in [-0.2, 0) is 14.4 Å². The summed E-state index contributed by atoms with van der Waals surface area (Å²) < 4.78 is 13.7. The molecule has 0 aliphatic rings. The molecular weight excluding hydrogens is 687 g/mol. The fourth-order valence-electron chi connectivity index (χ4n) is 2.38. The van der Waals surface area contributed by atoms with E-state index in [0.29, 0.717) is 6.61 Å². The second-order valence-corrected chi connectivity index (χ2v) is 9.08. The Hall–Kier alpha value is 0.150. The predicted octanol–water partition coefficient (Wildman–Crippen LogP) is 5.49. The minimum absolute atomic E-state index is 0.0718. The Bertz CT molecular complexity index is 661. The summed E-state index contributed by atoms with van der Waals surface area (Å²) in [4.78, 5) is 16.3. The van der Waals surface area contributed by atoms with E-state index in [2.05, 4.69) is 104 Å². The zero-order valence-electron chi connectivity index (χ0n) is 16.1. The number of alkyl halides is 2. The van der Waals surface area contributed by atoms with E-state index in [-0.39, 0.29) is 12.0 Å². The van der Waals surface area contributed by atoms with Gasteiger partial charge in [0, 0.05) is 17.8 Å². The van der Waals surface area contributed by atoms with E-state index in [1.165, 1.54) is 16.2 Å². The van der Waals surface area contributed by atoms with Crippen molar-refractivity contribution in [3.63, 3.8) is 0 Å². The van der Waals surface area contributed by atoms with Crippen LogP contribution in [0.2, 0.25) is 0 Å². The number of carbonyl (C=O) groups excluding carboxylic acids is 1. The molecule has 0 radical (unpaired) electrons. The van der Waals surface area contributed by atoms with Crippen LogP contribution < -0.4 is 4.74 Å². The molecule has 1 aromatic rings. The number of nitrogens with zero attached hydrogens (tertiary/aromatic N) is 1. The number of benzene rings is 1. The monoisotopic (exact) mass is 713 g/mol. The first-order chi connectivity index (χ1) is 12.8. The van der Waals surface area contributed by atoms with Crippen LogP contribution in [0.15, 0.2) is 17.3 Å². The van der Waals surface area contributed by atoms with Gasteiger partial charge in [-0.1, -0.05) is 50.3 Å². The van der Waals surface area contributed by atoms with Gasteiger partial charge in [0.1, 0.15) is 5.75 Å². The summed E-state index contributed by atoms with van der Waals surface area (Å²) in [6.07, 6.45) is 1.86. The quantitative estimate of drug-likeness (QED) is 0.0762. The minimum Gasteiger partial charge on any atom is -0.493 e. The van der Waals surface area contributed by atoms with Gasteiger partial charge >= 0.3 is 5.97 Å². The highest BCUT2D eigenvalue weighted by Crippen LogP contribution is 2.32. The fourth-order valence-corrected chi connectivity index (χ4v) is 6.44. The summed E-state index contributed by atoms with van der Waals surface area (Å²) in [7, 11) is 1.33. The highest BCUT2D eigenvalue weighted by Gasteiger charge is 2.31. The van der Waals surface area contributed by atoms with E-state index in [9.17, 15) is 4.79 Å². The summed E-state index contributed by atoms with van der Waals surface area (Å²) >= 11 is 7.13. The van der Waals surface area contributed by atoms with Crippen LogP contribution >= 0.6 is 67.8 Å². The molecule has 8 heteroatoms. The lowest BCUT2D eigenvalue weighted by Gasteiger charge is -2.29. The molecular formula is C19H26I3NO4. The van der Waals surface area contributed by atoms with Gasteiger partial charge in [-0.3, -0.25) is 0 Å². The third-order valence-corrected chi connectivity index (χ3v) is 8.49. The number of carbonyl (C=O) groups is 1. The number of hydrogen-bond acceptors (Lipinski definition) is 5. The van der Waals surface area contributed by atoms with E-state index < -0.39 is 5.97 Å². The Balaban J connectivity index is 2.65. The number of halogens is 3. The SMILES string of the molecule is COC(=O)CO/N=C(\C)C(CI)(CI)CCCOc1cc(C)c(I)cc1C. The molecule has 0 amide bonds. The van der Waals surface area contributed by atoms with E-state index in [4.69, 9.17) is 9.57 Å². The summed E-state index contributed by atoms with van der Waals surface area (Å²) in [5, 5.41) is 4.16. The van der Waals surface area contributed by atoms with Crippen molar-refractivity contribution in [2.24, 2.45) is 10.6 Å². The lowest BCUT2D eigenvalue weighted by atomic mass is 9.83. The van der Waals surface area contributed by atoms with Crippen LogP contribution in [0.1, 0.15) is 30.9 Å². The molecule has 0 saturated carbocycles. The topological polar surface area (TPSA) is 57.1 Å². The Kier molecular flexibility index (Phi) is 11.8. The minimum atomic E-state index is -0.433. The van der Waals surface area contributed by atoms with Gasteiger partial charge in [0.25, 0.3) is 0 Å². The molecule has 0 N–H and O–H groups in total. The lowest BCUT2D eigenvalue weighted by molar-refractivity contribution is -0.145. The molecule has 1 aromatic carbocycles. The normalized spacial score (nSPS) is 12.0. The highest BCUT2D eigenvalue weighted by molar-refractivity contribution is 14.1. The van der Waals surface area contributed by atoms with E-state index >= 15 is 0 Å². The van der Waals surface area contributed by atoms with Crippen molar-refractivity contribution in [1.82, 2.24) is 0 Å². The number of aryl methyl sites for hydroxylation is 2. The highest BCUT2D eigenvalue weighted by atomic mass is 127. The van der Waals surface area contributed by atoms with Crippen LogP contribution in [-0.4, -0.2) is 40.9 Å². The van der Waals surface area contributed by atoms with Crippen molar-refractivity contribution in [2.75, 3.05) is 29.2 Å². The second-order valence-electron chi connectivity index (χ2n) is 6.39. The van der Waals surface area contributed by atoms with Crippen LogP contribution in [0.25, 0.3) is 0 Å². The van der Waals surface area contributed by atoms with Crippen LogP contribution in [0.3, 0.4) is 0 Å². The van der Waals surface area contributed by atoms with Crippen molar-refractivity contribution in [2.45, 2.75) is 33.6 Å². The molecule has 0 unspecified atom stereocenters. The molecule has 0 fully saturated rings. The van der Waals surface area contributed by atoms with Crippen molar-refractivity contribution >= 4 is 79.5 Å². The largest absolute Gasteiger partial charge is 0.493 e. The molecule has 0 saturated heterocycles. The Morgan fingerprint density at radius 3 is 2.44 bits per heavy atom. The molecule has 152 valence electrons.